The molecular weight excluding hydrogens is 294 g/mol. The molecule has 0 fully saturated rings. The fraction of sp³-hybridized carbons (Fsp3) is 0.176. The van der Waals surface area contributed by atoms with Crippen molar-refractivity contribution in [3.63, 3.8) is 0 Å². The number of anilines is 1. The summed E-state index contributed by atoms with van der Waals surface area (Å²) >= 11 is 0. The van der Waals surface area contributed by atoms with Crippen LogP contribution >= 0.6 is 0 Å². The van der Waals surface area contributed by atoms with Gasteiger partial charge < -0.3 is 10.4 Å². The van der Waals surface area contributed by atoms with E-state index >= 15 is 0 Å². The number of amides is 3. The SMILES string of the molecule is Cc1cc(C)c(NC(=O)NNC(=O)c2cccc(O)c2)c(C)c1. The first-order chi connectivity index (χ1) is 10.9. The van der Waals surface area contributed by atoms with E-state index in [4.69, 9.17) is 0 Å². The molecule has 6 heteroatoms. The molecule has 0 radical (unpaired) electrons. The summed E-state index contributed by atoms with van der Waals surface area (Å²) in [6.07, 6.45) is 0. The van der Waals surface area contributed by atoms with Gasteiger partial charge in [0.05, 0.1) is 0 Å². The molecule has 0 aliphatic rings. The normalized spacial score (nSPS) is 10.0. The minimum atomic E-state index is -0.548. The lowest BCUT2D eigenvalue weighted by Crippen LogP contribution is -2.44. The van der Waals surface area contributed by atoms with Gasteiger partial charge in [0.1, 0.15) is 5.75 Å². The first-order valence-corrected chi connectivity index (χ1v) is 7.11. The van der Waals surface area contributed by atoms with E-state index < -0.39 is 11.9 Å². The predicted molar refractivity (Wildman–Crippen MR) is 88.4 cm³/mol. The minimum absolute atomic E-state index is 0.0204. The summed E-state index contributed by atoms with van der Waals surface area (Å²) in [4.78, 5) is 23.8. The molecule has 0 heterocycles. The summed E-state index contributed by atoms with van der Waals surface area (Å²) in [5.41, 5.74) is 8.52. The molecule has 0 aliphatic carbocycles. The molecule has 0 saturated heterocycles. The molecule has 0 aromatic heterocycles. The molecule has 0 atom stereocenters. The fourth-order valence-corrected chi connectivity index (χ4v) is 2.35. The number of phenols is 1. The molecule has 23 heavy (non-hydrogen) atoms. The second kappa shape index (κ2) is 6.83. The van der Waals surface area contributed by atoms with Crippen molar-refractivity contribution in [1.29, 1.82) is 0 Å². The Bertz CT molecular complexity index is 733. The lowest BCUT2D eigenvalue weighted by Gasteiger charge is -2.14. The van der Waals surface area contributed by atoms with Crippen LogP contribution in [0.2, 0.25) is 0 Å². The molecule has 6 nitrogen and oxygen atoms in total. The molecule has 2 rings (SSSR count). The van der Waals surface area contributed by atoms with Crippen LogP contribution in [0.3, 0.4) is 0 Å². The molecule has 2 aromatic rings. The summed E-state index contributed by atoms with van der Waals surface area (Å²) in [5.74, 6) is -0.540. The van der Waals surface area contributed by atoms with Crippen molar-refractivity contribution in [2.24, 2.45) is 0 Å². The quantitative estimate of drug-likeness (QED) is 0.643. The Labute approximate surface area is 134 Å². The van der Waals surface area contributed by atoms with E-state index in [2.05, 4.69) is 16.2 Å². The molecule has 4 N–H and O–H groups in total. The summed E-state index contributed by atoms with van der Waals surface area (Å²) < 4.78 is 0. The van der Waals surface area contributed by atoms with E-state index in [0.29, 0.717) is 5.69 Å². The first kappa shape index (κ1) is 16.4. The molecule has 0 spiro atoms. The Kier molecular flexibility index (Phi) is 4.85. The highest BCUT2D eigenvalue weighted by Gasteiger charge is 2.10. The molecule has 3 amide bonds. The maximum absolute atomic E-state index is 11.9. The van der Waals surface area contributed by atoms with Crippen molar-refractivity contribution in [1.82, 2.24) is 10.9 Å². The van der Waals surface area contributed by atoms with E-state index in [1.807, 2.05) is 32.9 Å². The maximum Gasteiger partial charge on any atom is 0.337 e. The number of aryl methyl sites for hydroxylation is 3. The average Bonchev–Trinajstić information content (AvgIpc) is 2.48. The summed E-state index contributed by atoms with van der Waals surface area (Å²) in [7, 11) is 0. The van der Waals surface area contributed by atoms with Crippen LogP contribution in [-0.2, 0) is 0 Å². The molecule has 0 bridgehead atoms. The van der Waals surface area contributed by atoms with Crippen molar-refractivity contribution >= 4 is 17.6 Å². The highest BCUT2D eigenvalue weighted by Crippen LogP contribution is 2.21. The van der Waals surface area contributed by atoms with Crippen molar-refractivity contribution in [2.75, 3.05) is 5.32 Å². The van der Waals surface area contributed by atoms with Crippen LogP contribution in [-0.4, -0.2) is 17.0 Å². The molecule has 2 aromatic carbocycles. The largest absolute Gasteiger partial charge is 0.508 e. The van der Waals surface area contributed by atoms with Gasteiger partial charge in [-0.25, -0.2) is 10.2 Å². The van der Waals surface area contributed by atoms with Gasteiger partial charge in [0, 0.05) is 11.3 Å². The van der Waals surface area contributed by atoms with Crippen molar-refractivity contribution in [2.45, 2.75) is 20.8 Å². The number of carbonyl (C=O) groups excluding carboxylic acids is 2. The van der Waals surface area contributed by atoms with Crippen LogP contribution < -0.4 is 16.2 Å². The number of hydrogen-bond acceptors (Lipinski definition) is 3. The third kappa shape index (κ3) is 4.23. The Morgan fingerprint density at radius 1 is 0.957 bits per heavy atom. The van der Waals surface area contributed by atoms with Crippen LogP contribution in [0.5, 0.6) is 5.75 Å². The van der Waals surface area contributed by atoms with E-state index in [0.717, 1.165) is 16.7 Å². The second-order valence-electron chi connectivity index (χ2n) is 5.36. The van der Waals surface area contributed by atoms with Gasteiger partial charge >= 0.3 is 6.03 Å². The standard InChI is InChI=1S/C17H19N3O3/c1-10-7-11(2)15(12(3)8-10)18-17(23)20-19-16(22)13-5-4-6-14(21)9-13/h4-9,21H,1-3H3,(H,19,22)(H2,18,20,23). The number of hydrazine groups is 1. The maximum atomic E-state index is 11.9. The van der Waals surface area contributed by atoms with Gasteiger partial charge in [-0.1, -0.05) is 23.8 Å². The van der Waals surface area contributed by atoms with Gasteiger partial charge in [-0.3, -0.25) is 10.2 Å². The number of hydrogen-bond donors (Lipinski definition) is 4. The fourth-order valence-electron chi connectivity index (χ4n) is 2.35. The Hall–Kier alpha value is -3.02. The number of urea groups is 1. The third-order valence-corrected chi connectivity index (χ3v) is 3.31. The van der Waals surface area contributed by atoms with Crippen LogP contribution in [0.15, 0.2) is 36.4 Å². The third-order valence-electron chi connectivity index (χ3n) is 3.31. The topological polar surface area (TPSA) is 90.5 Å². The average molecular weight is 313 g/mol. The summed E-state index contributed by atoms with van der Waals surface area (Å²) in [6.45, 7) is 5.79. The van der Waals surface area contributed by atoms with Gasteiger partial charge in [-0.05, 0) is 50.1 Å². The second-order valence-corrected chi connectivity index (χ2v) is 5.36. The van der Waals surface area contributed by atoms with Crippen molar-refractivity contribution in [3.05, 3.63) is 58.7 Å². The van der Waals surface area contributed by atoms with E-state index in [9.17, 15) is 14.7 Å². The number of benzene rings is 2. The number of rotatable bonds is 2. The smallest absolute Gasteiger partial charge is 0.337 e. The Morgan fingerprint density at radius 2 is 1.61 bits per heavy atom. The van der Waals surface area contributed by atoms with Crippen LogP contribution in [0.1, 0.15) is 27.0 Å². The van der Waals surface area contributed by atoms with Gasteiger partial charge in [-0.15, -0.1) is 0 Å². The van der Waals surface area contributed by atoms with E-state index in [1.54, 1.807) is 6.07 Å². The molecule has 0 unspecified atom stereocenters. The molecular formula is C17H19N3O3. The Balaban J connectivity index is 1.97. The number of aromatic hydroxyl groups is 1. The summed E-state index contributed by atoms with van der Waals surface area (Å²) in [6, 6.07) is 9.23. The zero-order valence-corrected chi connectivity index (χ0v) is 13.2. The van der Waals surface area contributed by atoms with Crippen LogP contribution in [0.25, 0.3) is 0 Å². The van der Waals surface area contributed by atoms with Crippen molar-refractivity contribution in [3.8, 4) is 5.75 Å². The van der Waals surface area contributed by atoms with Crippen LogP contribution in [0.4, 0.5) is 10.5 Å². The number of carbonyl (C=O) groups is 2. The van der Waals surface area contributed by atoms with Crippen molar-refractivity contribution < 1.29 is 14.7 Å². The number of phenolic OH excluding ortho intramolecular Hbond substituents is 1. The Morgan fingerprint density at radius 3 is 2.22 bits per heavy atom. The zero-order chi connectivity index (χ0) is 17.0. The minimum Gasteiger partial charge on any atom is -0.508 e. The van der Waals surface area contributed by atoms with Gasteiger partial charge in [0.2, 0.25) is 0 Å². The summed E-state index contributed by atoms with van der Waals surface area (Å²) in [5, 5.41) is 12.0. The highest BCUT2D eigenvalue weighted by molar-refractivity contribution is 5.97. The monoisotopic (exact) mass is 313 g/mol. The highest BCUT2D eigenvalue weighted by atomic mass is 16.3. The van der Waals surface area contributed by atoms with Gasteiger partial charge in [0.25, 0.3) is 5.91 Å². The van der Waals surface area contributed by atoms with Crippen LogP contribution in [0, 0.1) is 20.8 Å². The molecule has 0 saturated carbocycles. The van der Waals surface area contributed by atoms with Gasteiger partial charge in [0.15, 0.2) is 0 Å². The zero-order valence-electron chi connectivity index (χ0n) is 13.2. The first-order valence-electron chi connectivity index (χ1n) is 7.11. The molecule has 120 valence electrons. The van der Waals surface area contributed by atoms with E-state index in [-0.39, 0.29) is 11.3 Å². The number of nitrogens with one attached hydrogen (secondary N) is 3. The van der Waals surface area contributed by atoms with Gasteiger partial charge in [-0.2, -0.15) is 0 Å². The van der Waals surface area contributed by atoms with E-state index in [1.165, 1.54) is 18.2 Å². The lowest BCUT2D eigenvalue weighted by molar-refractivity contribution is 0.0937. The predicted octanol–water partition coefficient (Wildman–Crippen LogP) is 2.78. The lowest BCUT2D eigenvalue weighted by atomic mass is 10.1. The molecule has 0 aliphatic heterocycles.